The first-order valence-electron chi connectivity index (χ1n) is 5.62. The number of furan rings is 1. The number of hydrogen-bond acceptors (Lipinski definition) is 3. The molecule has 0 aliphatic rings. The summed E-state index contributed by atoms with van der Waals surface area (Å²) in [6.45, 7) is 1.97. The quantitative estimate of drug-likeness (QED) is 0.878. The number of nitrogens with one attached hydrogen (secondary N) is 1. The van der Waals surface area contributed by atoms with E-state index in [0.717, 1.165) is 22.6 Å². The largest absolute Gasteiger partial charge is 0.496 e. The van der Waals surface area contributed by atoms with Crippen LogP contribution < -0.4 is 10.1 Å². The predicted molar refractivity (Wildman–Crippen MR) is 67.3 cm³/mol. The van der Waals surface area contributed by atoms with E-state index in [-0.39, 0.29) is 6.04 Å². The van der Waals surface area contributed by atoms with E-state index in [2.05, 4.69) is 11.4 Å². The second-order valence-electron chi connectivity index (χ2n) is 3.90. The lowest BCUT2D eigenvalue weighted by Crippen LogP contribution is -2.18. The van der Waals surface area contributed by atoms with Gasteiger partial charge in [0, 0.05) is 11.1 Å². The van der Waals surface area contributed by atoms with E-state index in [0.29, 0.717) is 0 Å². The van der Waals surface area contributed by atoms with E-state index in [1.54, 1.807) is 13.4 Å². The molecule has 3 nitrogen and oxygen atoms in total. The van der Waals surface area contributed by atoms with Crippen LogP contribution in [0.2, 0.25) is 0 Å². The number of ether oxygens (including phenoxy) is 1. The number of para-hydroxylation sites is 1. The standard InChI is InChI=1S/C14H17NO2/c1-10-11(8-9-17-10)14(15-2)12-6-4-5-7-13(12)16-3/h4-9,14-15H,1-3H3. The highest BCUT2D eigenvalue weighted by Crippen LogP contribution is 2.31. The Labute approximate surface area is 101 Å². The zero-order valence-corrected chi connectivity index (χ0v) is 10.4. The normalized spacial score (nSPS) is 12.4. The minimum absolute atomic E-state index is 0.0879. The molecule has 0 aliphatic heterocycles. The van der Waals surface area contributed by atoms with E-state index in [4.69, 9.17) is 9.15 Å². The van der Waals surface area contributed by atoms with Crippen molar-refractivity contribution in [1.29, 1.82) is 0 Å². The minimum atomic E-state index is 0.0879. The Kier molecular flexibility index (Phi) is 3.49. The Morgan fingerprint density at radius 3 is 2.53 bits per heavy atom. The summed E-state index contributed by atoms with van der Waals surface area (Å²) in [5, 5.41) is 3.30. The van der Waals surface area contributed by atoms with Gasteiger partial charge in [-0.3, -0.25) is 0 Å². The molecule has 0 saturated carbocycles. The molecule has 2 rings (SSSR count). The lowest BCUT2D eigenvalue weighted by molar-refractivity contribution is 0.405. The average molecular weight is 231 g/mol. The molecule has 0 fully saturated rings. The second-order valence-corrected chi connectivity index (χ2v) is 3.90. The maximum atomic E-state index is 5.40. The molecule has 0 spiro atoms. The Bertz CT molecular complexity index is 490. The molecular formula is C14H17NO2. The van der Waals surface area contributed by atoms with Crippen LogP contribution in [0.3, 0.4) is 0 Å². The molecule has 1 aromatic heterocycles. The highest BCUT2D eigenvalue weighted by Gasteiger charge is 2.19. The topological polar surface area (TPSA) is 34.4 Å². The molecule has 1 aromatic carbocycles. The van der Waals surface area contributed by atoms with Crippen molar-refractivity contribution in [3.63, 3.8) is 0 Å². The number of methoxy groups -OCH3 is 1. The van der Waals surface area contributed by atoms with Crippen molar-refractivity contribution < 1.29 is 9.15 Å². The molecular weight excluding hydrogens is 214 g/mol. The van der Waals surface area contributed by atoms with E-state index in [9.17, 15) is 0 Å². The molecule has 0 aliphatic carbocycles. The Morgan fingerprint density at radius 1 is 1.18 bits per heavy atom. The molecule has 3 heteroatoms. The van der Waals surface area contributed by atoms with Crippen LogP contribution in [0.15, 0.2) is 41.0 Å². The lowest BCUT2D eigenvalue weighted by atomic mass is 9.98. The smallest absolute Gasteiger partial charge is 0.123 e. The fraction of sp³-hybridized carbons (Fsp3) is 0.286. The molecule has 0 amide bonds. The highest BCUT2D eigenvalue weighted by atomic mass is 16.5. The maximum absolute atomic E-state index is 5.40. The van der Waals surface area contributed by atoms with Gasteiger partial charge in [-0.1, -0.05) is 18.2 Å². The van der Waals surface area contributed by atoms with Crippen molar-refractivity contribution in [3.8, 4) is 5.75 Å². The third-order valence-corrected chi connectivity index (χ3v) is 2.95. The molecule has 17 heavy (non-hydrogen) atoms. The summed E-state index contributed by atoms with van der Waals surface area (Å²) >= 11 is 0. The van der Waals surface area contributed by atoms with Gasteiger partial charge in [0.1, 0.15) is 11.5 Å². The predicted octanol–water partition coefficient (Wildman–Crippen LogP) is 2.91. The number of benzene rings is 1. The van der Waals surface area contributed by atoms with Crippen molar-refractivity contribution in [2.45, 2.75) is 13.0 Å². The third-order valence-electron chi connectivity index (χ3n) is 2.95. The first-order valence-corrected chi connectivity index (χ1v) is 5.62. The van der Waals surface area contributed by atoms with Crippen LogP contribution in [0.4, 0.5) is 0 Å². The van der Waals surface area contributed by atoms with Crippen molar-refractivity contribution in [2.75, 3.05) is 14.2 Å². The number of hydrogen-bond donors (Lipinski definition) is 1. The monoisotopic (exact) mass is 231 g/mol. The van der Waals surface area contributed by atoms with Gasteiger partial charge in [-0.2, -0.15) is 0 Å². The summed E-state index contributed by atoms with van der Waals surface area (Å²) in [7, 11) is 3.62. The molecule has 1 N–H and O–H groups in total. The second kappa shape index (κ2) is 5.06. The van der Waals surface area contributed by atoms with Crippen molar-refractivity contribution in [3.05, 3.63) is 53.5 Å². The van der Waals surface area contributed by atoms with E-state index < -0.39 is 0 Å². The summed E-state index contributed by atoms with van der Waals surface area (Å²) in [5.74, 6) is 1.81. The van der Waals surface area contributed by atoms with Crippen LogP contribution in [0.25, 0.3) is 0 Å². The Morgan fingerprint density at radius 2 is 1.94 bits per heavy atom. The zero-order chi connectivity index (χ0) is 12.3. The van der Waals surface area contributed by atoms with Gasteiger partial charge < -0.3 is 14.5 Å². The number of rotatable bonds is 4. The molecule has 0 saturated heterocycles. The van der Waals surface area contributed by atoms with Crippen LogP contribution >= 0.6 is 0 Å². The zero-order valence-electron chi connectivity index (χ0n) is 10.4. The van der Waals surface area contributed by atoms with Crippen LogP contribution in [0.5, 0.6) is 5.75 Å². The van der Waals surface area contributed by atoms with Crippen LogP contribution in [0.1, 0.15) is 22.9 Å². The van der Waals surface area contributed by atoms with Gasteiger partial charge in [0.15, 0.2) is 0 Å². The van der Waals surface area contributed by atoms with E-state index in [1.807, 2.05) is 38.2 Å². The fourth-order valence-electron chi connectivity index (χ4n) is 2.08. The van der Waals surface area contributed by atoms with Crippen molar-refractivity contribution in [1.82, 2.24) is 5.32 Å². The van der Waals surface area contributed by atoms with E-state index >= 15 is 0 Å². The highest BCUT2D eigenvalue weighted by molar-refractivity contribution is 5.42. The number of aryl methyl sites for hydroxylation is 1. The van der Waals surface area contributed by atoms with Crippen molar-refractivity contribution >= 4 is 0 Å². The fourth-order valence-corrected chi connectivity index (χ4v) is 2.08. The summed E-state index contributed by atoms with van der Waals surface area (Å²) in [6, 6.07) is 10.1. The first-order chi connectivity index (χ1) is 8.27. The van der Waals surface area contributed by atoms with Crippen molar-refractivity contribution in [2.24, 2.45) is 0 Å². The molecule has 0 bridgehead atoms. The minimum Gasteiger partial charge on any atom is -0.496 e. The average Bonchev–Trinajstić information content (AvgIpc) is 2.78. The molecule has 1 unspecified atom stereocenters. The summed E-state index contributed by atoms with van der Waals surface area (Å²) < 4.78 is 10.8. The van der Waals surface area contributed by atoms with Crippen LogP contribution in [-0.4, -0.2) is 14.2 Å². The van der Waals surface area contributed by atoms with Gasteiger partial charge in [-0.05, 0) is 26.1 Å². The molecule has 1 atom stereocenters. The van der Waals surface area contributed by atoms with Gasteiger partial charge in [0.2, 0.25) is 0 Å². The molecule has 2 aromatic rings. The van der Waals surface area contributed by atoms with Crippen LogP contribution in [-0.2, 0) is 0 Å². The molecule has 90 valence electrons. The van der Waals surface area contributed by atoms with Gasteiger partial charge in [-0.15, -0.1) is 0 Å². The summed E-state index contributed by atoms with van der Waals surface area (Å²) in [4.78, 5) is 0. The summed E-state index contributed by atoms with van der Waals surface area (Å²) in [6.07, 6.45) is 1.71. The van der Waals surface area contributed by atoms with E-state index in [1.165, 1.54) is 0 Å². The molecule has 0 radical (unpaired) electrons. The Balaban J connectivity index is 2.46. The summed E-state index contributed by atoms with van der Waals surface area (Å²) in [5.41, 5.74) is 2.25. The van der Waals surface area contributed by atoms with Gasteiger partial charge >= 0.3 is 0 Å². The first kappa shape index (κ1) is 11.7. The third kappa shape index (κ3) is 2.19. The SMILES string of the molecule is CNC(c1ccccc1OC)c1ccoc1C. The molecule has 1 heterocycles. The van der Waals surface area contributed by atoms with Crippen LogP contribution in [0, 0.1) is 6.92 Å². The van der Waals surface area contributed by atoms with Gasteiger partial charge in [0.25, 0.3) is 0 Å². The van der Waals surface area contributed by atoms with Gasteiger partial charge in [0.05, 0.1) is 19.4 Å². The maximum Gasteiger partial charge on any atom is 0.123 e. The Hall–Kier alpha value is -1.74. The lowest BCUT2D eigenvalue weighted by Gasteiger charge is -2.18. The van der Waals surface area contributed by atoms with Gasteiger partial charge in [-0.25, -0.2) is 0 Å².